The Morgan fingerprint density at radius 1 is 1.24 bits per heavy atom. The Kier molecular flexibility index (Phi) is 3.31. The first-order valence-corrected chi connectivity index (χ1v) is 9.56. The van der Waals surface area contributed by atoms with Gasteiger partial charge in [0.2, 0.25) is 5.95 Å². The van der Waals surface area contributed by atoms with Gasteiger partial charge in [-0.1, -0.05) is 0 Å². The highest BCUT2D eigenvalue weighted by atomic mass is 19.1. The van der Waals surface area contributed by atoms with E-state index in [1.807, 2.05) is 0 Å². The monoisotopic (exact) mass is 395 g/mol. The van der Waals surface area contributed by atoms with E-state index in [2.05, 4.69) is 19.9 Å². The zero-order valence-corrected chi connectivity index (χ0v) is 15.4. The summed E-state index contributed by atoms with van der Waals surface area (Å²) in [5.41, 5.74) is 7.60. The van der Waals surface area contributed by atoms with E-state index in [0.29, 0.717) is 35.0 Å². The highest BCUT2D eigenvalue weighted by Gasteiger charge is 2.45. The number of H-pyrrole nitrogens is 1. The van der Waals surface area contributed by atoms with Crippen molar-refractivity contribution in [1.29, 1.82) is 0 Å². The van der Waals surface area contributed by atoms with Crippen LogP contribution in [0.15, 0.2) is 35.5 Å². The first kappa shape index (κ1) is 16.8. The second-order valence-corrected chi connectivity index (χ2v) is 7.89. The molecule has 5 heterocycles. The maximum atomic E-state index is 13.7. The standard InChI is InChI=1S/C19H18FN7O2/c20-10-1-4-13-15(5-10)26(9-23-13)17-22-8-14-16(25-17)27(18(28)24-14)19(21)6-11-2-3-12(7-19)29-11/h1,4-5,8-9,11-12H,2-3,6-7,21H2,(H,24,28). The molecule has 6 rings (SSSR count). The maximum Gasteiger partial charge on any atom is 0.329 e. The number of ether oxygens (including phenoxy) is 1. The molecule has 1 aromatic carbocycles. The predicted octanol–water partition coefficient (Wildman–Crippen LogP) is 1.55. The summed E-state index contributed by atoms with van der Waals surface area (Å²) in [6.07, 6.45) is 6.19. The van der Waals surface area contributed by atoms with E-state index in [9.17, 15) is 9.18 Å². The van der Waals surface area contributed by atoms with Crippen LogP contribution < -0.4 is 11.4 Å². The van der Waals surface area contributed by atoms with Crippen LogP contribution >= 0.6 is 0 Å². The van der Waals surface area contributed by atoms with Gasteiger partial charge in [-0.15, -0.1) is 0 Å². The summed E-state index contributed by atoms with van der Waals surface area (Å²) < 4.78 is 22.8. The second kappa shape index (κ2) is 5.71. The van der Waals surface area contributed by atoms with Crippen LogP contribution in [0.4, 0.5) is 4.39 Å². The van der Waals surface area contributed by atoms with Crippen LogP contribution in [-0.2, 0) is 10.4 Å². The lowest BCUT2D eigenvalue weighted by Crippen LogP contribution is -2.53. The van der Waals surface area contributed by atoms with Gasteiger partial charge in [0.15, 0.2) is 5.65 Å². The summed E-state index contributed by atoms with van der Waals surface area (Å²) in [5.74, 6) is -0.0885. The number of nitrogens with two attached hydrogens (primary N) is 1. The van der Waals surface area contributed by atoms with Gasteiger partial charge in [0.05, 0.1) is 29.4 Å². The lowest BCUT2D eigenvalue weighted by atomic mass is 9.96. The minimum Gasteiger partial charge on any atom is -0.375 e. The molecule has 2 aliphatic heterocycles. The minimum atomic E-state index is -0.881. The molecule has 10 heteroatoms. The molecule has 148 valence electrons. The number of hydrogen-bond donors (Lipinski definition) is 2. The van der Waals surface area contributed by atoms with Crippen molar-refractivity contribution in [3.63, 3.8) is 0 Å². The molecule has 2 bridgehead atoms. The largest absolute Gasteiger partial charge is 0.375 e. The van der Waals surface area contributed by atoms with Gasteiger partial charge in [-0.25, -0.2) is 19.2 Å². The molecule has 0 aliphatic carbocycles. The van der Waals surface area contributed by atoms with Crippen molar-refractivity contribution < 1.29 is 9.13 Å². The smallest absolute Gasteiger partial charge is 0.329 e. The molecule has 3 N–H and O–H groups in total. The number of aromatic nitrogens is 6. The SMILES string of the molecule is NC1(n2c(=O)[nH]c3cnc(-n4cnc5ccc(F)cc54)nc32)CC2CCC(C1)O2. The highest BCUT2D eigenvalue weighted by Crippen LogP contribution is 2.39. The van der Waals surface area contributed by atoms with E-state index < -0.39 is 5.66 Å². The van der Waals surface area contributed by atoms with E-state index in [1.54, 1.807) is 10.6 Å². The van der Waals surface area contributed by atoms with Gasteiger partial charge in [-0.05, 0) is 25.0 Å². The van der Waals surface area contributed by atoms with Crippen molar-refractivity contribution in [1.82, 2.24) is 29.1 Å². The average molecular weight is 395 g/mol. The summed E-state index contributed by atoms with van der Waals surface area (Å²) in [6, 6.07) is 4.32. The number of nitrogens with one attached hydrogen (secondary N) is 1. The van der Waals surface area contributed by atoms with Gasteiger partial charge >= 0.3 is 5.69 Å². The average Bonchev–Trinajstić information content (AvgIpc) is 3.35. The molecule has 2 saturated heterocycles. The summed E-state index contributed by atoms with van der Waals surface area (Å²) in [4.78, 5) is 28.8. The molecule has 3 aromatic heterocycles. The summed E-state index contributed by atoms with van der Waals surface area (Å²) in [7, 11) is 0. The molecule has 2 unspecified atom stereocenters. The Bertz CT molecular complexity index is 1310. The fourth-order valence-corrected chi connectivity index (χ4v) is 4.69. The number of benzene rings is 1. The van der Waals surface area contributed by atoms with Crippen LogP contribution in [0.2, 0.25) is 0 Å². The van der Waals surface area contributed by atoms with Crippen LogP contribution in [0.5, 0.6) is 0 Å². The van der Waals surface area contributed by atoms with Crippen LogP contribution in [0.1, 0.15) is 25.7 Å². The Balaban J connectivity index is 1.54. The van der Waals surface area contributed by atoms with E-state index in [0.717, 1.165) is 12.8 Å². The normalized spacial score (nSPS) is 26.6. The minimum absolute atomic E-state index is 0.0532. The van der Waals surface area contributed by atoms with Crippen LogP contribution in [0, 0.1) is 5.82 Å². The zero-order chi connectivity index (χ0) is 19.8. The molecular formula is C19H18FN7O2. The van der Waals surface area contributed by atoms with Crippen molar-refractivity contribution in [2.24, 2.45) is 5.73 Å². The number of aromatic amines is 1. The fourth-order valence-electron chi connectivity index (χ4n) is 4.69. The van der Waals surface area contributed by atoms with Gasteiger partial charge in [-0.3, -0.25) is 9.13 Å². The van der Waals surface area contributed by atoms with E-state index >= 15 is 0 Å². The molecule has 0 amide bonds. The summed E-state index contributed by atoms with van der Waals surface area (Å²) in [5, 5.41) is 0. The zero-order valence-electron chi connectivity index (χ0n) is 15.4. The molecule has 0 radical (unpaired) electrons. The molecule has 9 nitrogen and oxygen atoms in total. The predicted molar refractivity (Wildman–Crippen MR) is 102 cm³/mol. The molecule has 0 spiro atoms. The lowest BCUT2D eigenvalue weighted by Gasteiger charge is -2.38. The molecule has 2 aliphatic rings. The number of rotatable bonds is 2. The fraction of sp³-hybridized carbons (Fsp3) is 0.368. The molecule has 2 atom stereocenters. The third-order valence-corrected chi connectivity index (χ3v) is 5.94. The van der Waals surface area contributed by atoms with Crippen molar-refractivity contribution in [3.05, 3.63) is 47.0 Å². The molecule has 0 saturated carbocycles. The Labute approximate surface area is 163 Å². The van der Waals surface area contributed by atoms with Crippen LogP contribution in [0.25, 0.3) is 28.1 Å². The summed E-state index contributed by atoms with van der Waals surface area (Å²) in [6.45, 7) is 0. The molecule has 29 heavy (non-hydrogen) atoms. The number of imidazole rings is 2. The second-order valence-electron chi connectivity index (χ2n) is 7.89. The van der Waals surface area contributed by atoms with Crippen molar-refractivity contribution >= 4 is 22.2 Å². The third kappa shape index (κ3) is 2.45. The van der Waals surface area contributed by atoms with Gasteiger partial charge in [-0.2, -0.15) is 4.98 Å². The van der Waals surface area contributed by atoms with E-state index in [-0.39, 0.29) is 29.7 Å². The Hall–Kier alpha value is -3.11. The number of nitrogens with zero attached hydrogens (tertiary/aromatic N) is 5. The molecule has 4 aromatic rings. The first-order valence-electron chi connectivity index (χ1n) is 9.56. The van der Waals surface area contributed by atoms with Gasteiger partial charge in [0, 0.05) is 18.9 Å². The third-order valence-electron chi connectivity index (χ3n) is 5.94. The first-order chi connectivity index (χ1) is 14.0. The quantitative estimate of drug-likeness (QED) is 0.532. The molecule has 2 fully saturated rings. The van der Waals surface area contributed by atoms with Gasteiger partial charge < -0.3 is 15.5 Å². The van der Waals surface area contributed by atoms with Crippen LogP contribution in [-0.4, -0.2) is 41.3 Å². The van der Waals surface area contributed by atoms with E-state index in [1.165, 1.54) is 29.2 Å². The van der Waals surface area contributed by atoms with Crippen molar-refractivity contribution in [2.75, 3.05) is 0 Å². The number of hydrogen-bond acceptors (Lipinski definition) is 6. The van der Waals surface area contributed by atoms with Gasteiger partial charge in [0.1, 0.15) is 23.3 Å². The maximum absolute atomic E-state index is 13.7. The topological polar surface area (TPSA) is 117 Å². The number of fused-ring (bicyclic) bond motifs is 4. The summed E-state index contributed by atoms with van der Waals surface area (Å²) >= 11 is 0. The Morgan fingerprint density at radius 2 is 2.03 bits per heavy atom. The van der Waals surface area contributed by atoms with Crippen molar-refractivity contribution in [3.8, 4) is 5.95 Å². The lowest BCUT2D eigenvalue weighted by molar-refractivity contribution is -0.0507. The molecular weight excluding hydrogens is 377 g/mol. The number of halogens is 1. The van der Waals surface area contributed by atoms with E-state index in [4.69, 9.17) is 10.5 Å². The Morgan fingerprint density at radius 3 is 2.83 bits per heavy atom. The highest BCUT2D eigenvalue weighted by molar-refractivity contribution is 5.77. The van der Waals surface area contributed by atoms with Crippen LogP contribution in [0.3, 0.4) is 0 Å². The van der Waals surface area contributed by atoms with Crippen molar-refractivity contribution in [2.45, 2.75) is 43.6 Å². The van der Waals surface area contributed by atoms with Gasteiger partial charge in [0.25, 0.3) is 0 Å².